The summed E-state index contributed by atoms with van der Waals surface area (Å²) in [6, 6.07) is 11.4. The lowest BCUT2D eigenvalue weighted by molar-refractivity contribution is 0.101. The van der Waals surface area contributed by atoms with Crippen LogP contribution < -0.4 is 5.32 Å². The van der Waals surface area contributed by atoms with E-state index in [0.29, 0.717) is 11.5 Å². The van der Waals surface area contributed by atoms with Gasteiger partial charge < -0.3 is 9.88 Å². The molecule has 0 saturated carbocycles. The highest BCUT2D eigenvalue weighted by Crippen LogP contribution is 2.20. The van der Waals surface area contributed by atoms with E-state index in [0.717, 1.165) is 16.6 Å². The number of aryl methyl sites for hydroxylation is 1. The molecule has 0 radical (unpaired) electrons. The molecule has 1 aromatic carbocycles. The van der Waals surface area contributed by atoms with Gasteiger partial charge in [0.15, 0.2) is 5.82 Å². The number of amides is 1. The van der Waals surface area contributed by atoms with Crippen molar-refractivity contribution in [3.8, 4) is 0 Å². The van der Waals surface area contributed by atoms with Gasteiger partial charge in [-0.1, -0.05) is 12.1 Å². The summed E-state index contributed by atoms with van der Waals surface area (Å²) in [4.78, 5) is 12.2. The molecular formula is C14H14N4O. The molecule has 0 saturated heterocycles. The standard InChI is InChI=1S/C14H14N4O/c1-9-7-8-12(18(9)2)14(19)15-13-10-5-3-4-6-11(10)16-17-13/h3-8H,1-2H3,(H2,15,16,17,19). The second kappa shape index (κ2) is 4.28. The zero-order valence-electron chi connectivity index (χ0n) is 10.8. The highest BCUT2D eigenvalue weighted by Gasteiger charge is 2.13. The predicted molar refractivity (Wildman–Crippen MR) is 74.2 cm³/mol. The summed E-state index contributed by atoms with van der Waals surface area (Å²) in [5, 5.41) is 10.8. The average Bonchev–Trinajstić information content (AvgIpc) is 2.96. The minimum atomic E-state index is -0.159. The van der Waals surface area contributed by atoms with E-state index in [9.17, 15) is 4.79 Å². The smallest absolute Gasteiger partial charge is 0.273 e. The minimum Gasteiger partial charge on any atom is -0.344 e. The Balaban J connectivity index is 1.93. The summed E-state index contributed by atoms with van der Waals surface area (Å²) in [5.41, 5.74) is 2.56. The molecule has 0 bridgehead atoms. The second-order valence-electron chi connectivity index (χ2n) is 4.49. The number of H-pyrrole nitrogens is 1. The number of benzene rings is 1. The Bertz CT molecular complexity index is 754. The molecule has 19 heavy (non-hydrogen) atoms. The van der Waals surface area contributed by atoms with E-state index in [2.05, 4.69) is 15.5 Å². The molecule has 2 aromatic heterocycles. The Kier molecular flexibility index (Phi) is 2.59. The third-order valence-corrected chi connectivity index (χ3v) is 3.31. The summed E-state index contributed by atoms with van der Waals surface area (Å²) >= 11 is 0. The largest absolute Gasteiger partial charge is 0.344 e. The van der Waals surface area contributed by atoms with Crippen molar-refractivity contribution in [2.24, 2.45) is 7.05 Å². The van der Waals surface area contributed by atoms with Crippen LogP contribution in [-0.4, -0.2) is 20.7 Å². The summed E-state index contributed by atoms with van der Waals surface area (Å²) < 4.78 is 1.85. The van der Waals surface area contributed by atoms with Crippen LogP contribution in [0.15, 0.2) is 36.4 Å². The van der Waals surface area contributed by atoms with Gasteiger partial charge in [-0.2, -0.15) is 5.10 Å². The van der Waals surface area contributed by atoms with E-state index in [-0.39, 0.29) is 5.91 Å². The molecule has 3 aromatic rings. The number of nitrogens with one attached hydrogen (secondary N) is 2. The van der Waals surface area contributed by atoms with Gasteiger partial charge >= 0.3 is 0 Å². The topological polar surface area (TPSA) is 62.7 Å². The van der Waals surface area contributed by atoms with Crippen molar-refractivity contribution in [1.82, 2.24) is 14.8 Å². The van der Waals surface area contributed by atoms with E-state index in [1.54, 1.807) is 6.07 Å². The predicted octanol–water partition coefficient (Wildman–Crippen LogP) is 2.46. The van der Waals surface area contributed by atoms with E-state index >= 15 is 0 Å². The number of anilines is 1. The van der Waals surface area contributed by atoms with E-state index in [4.69, 9.17) is 0 Å². The number of hydrogen-bond acceptors (Lipinski definition) is 2. The first-order valence-corrected chi connectivity index (χ1v) is 6.03. The Morgan fingerprint density at radius 2 is 2.05 bits per heavy atom. The third-order valence-electron chi connectivity index (χ3n) is 3.31. The van der Waals surface area contributed by atoms with Crippen LogP contribution in [0, 0.1) is 6.92 Å². The van der Waals surface area contributed by atoms with Crippen molar-refractivity contribution in [3.63, 3.8) is 0 Å². The summed E-state index contributed by atoms with van der Waals surface area (Å²) in [7, 11) is 1.87. The average molecular weight is 254 g/mol. The fraction of sp³-hybridized carbons (Fsp3) is 0.143. The zero-order chi connectivity index (χ0) is 13.4. The van der Waals surface area contributed by atoms with Crippen molar-refractivity contribution < 1.29 is 4.79 Å². The molecule has 5 nitrogen and oxygen atoms in total. The summed E-state index contributed by atoms with van der Waals surface area (Å²) in [6.07, 6.45) is 0. The van der Waals surface area contributed by atoms with E-state index in [1.165, 1.54) is 0 Å². The summed E-state index contributed by atoms with van der Waals surface area (Å²) in [5.74, 6) is 0.396. The number of carbonyl (C=O) groups excluding carboxylic acids is 1. The van der Waals surface area contributed by atoms with Crippen molar-refractivity contribution in [2.45, 2.75) is 6.92 Å². The first-order chi connectivity index (χ1) is 9.16. The number of aromatic amines is 1. The quantitative estimate of drug-likeness (QED) is 0.738. The van der Waals surface area contributed by atoms with E-state index < -0.39 is 0 Å². The second-order valence-corrected chi connectivity index (χ2v) is 4.49. The van der Waals surface area contributed by atoms with Crippen molar-refractivity contribution in [3.05, 3.63) is 47.8 Å². The molecular weight excluding hydrogens is 240 g/mol. The van der Waals surface area contributed by atoms with Crippen molar-refractivity contribution in [1.29, 1.82) is 0 Å². The Morgan fingerprint density at radius 3 is 2.79 bits per heavy atom. The lowest BCUT2D eigenvalue weighted by Crippen LogP contribution is -2.16. The molecule has 0 spiro atoms. The lowest BCUT2D eigenvalue weighted by atomic mass is 10.2. The van der Waals surface area contributed by atoms with Crippen LogP contribution in [0.25, 0.3) is 10.9 Å². The minimum absolute atomic E-state index is 0.159. The van der Waals surface area contributed by atoms with Gasteiger partial charge in [-0.15, -0.1) is 0 Å². The normalized spacial score (nSPS) is 10.8. The Hall–Kier alpha value is -2.56. The number of rotatable bonds is 2. The van der Waals surface area contributed by atoms with Gasteiger partial charge in [0.25, 0.3) is 5.91 Å². The Labute approximate surface area is 110 Å². The highest BCUT2D eigenvalue weighted by atomic mass is 16.2. The maximum atomic E-state index is 12.2. The van der Waals surface area contributed by atoms with E-state index in [1.807, 2.05) is 48.9 Å². The number of nitrogens with zero attached hydrogens (tertiary/aromatic N) is 2. The number of carbonyl (C=O) groups is 1. The molecule has 96 valence electrons. The van der Waals surface area contributed by atoms with Crippen molar-refractivity contribution >= 4 is 22.6 Å². The third kappa shape index (κ3) is 1.89. The highest BCUT2D eigenvalue weighted by molar-refractivity contribution is 6.07. The van der Waals surface area contributed by atoms with Gasteiger partial charge in [0.05, 0.1) is 5.52 Å². The molecule has 0 aliphatic rings. The molecule has 0 atom stereocenters. The molecule has 2 N–H and O–H groups in total. The molecule has 0 aliphatic heterocycles. The number of hydrogen-bond donors (Lipinski definition) is 2. The Morgan fingerprint density at radius 1 is 1.26 bits per heavy atom. The molecule has 5 heteroatoms. The molecule has 1 amide bonds. The van der Waals surface area contributed by atoms with Crippen LogP contribution in [0.3, 0.4) is 0 Å². The molecule has 0 fully saturated rings. The van der Waals surface area contributed by atoms with Crippen molar-refractivity contribution in [2.75, 3.05) is 5.32 Å². The monoisotopic (exact) mass is 254 g/mol. The fourth-order valence-corrected chi connectivity index (χ4v) is 2.07. The maximum absolute atomic E-state index is 12.2. The van der Waals surface area contributed by atoms with Gasteiger partial charge in [0.2, 0.25) is 0 Å². The van der Waals surface area contributed by atoms with Gasteiger partial charge in [0.1, 0.15) is 5.69 Å². The lowest BCUT2D eigenvalue weighted by Gasteiger charge is -2.05. The first-order valence-electron chi connectivity index (χ1n) is 6.03. The van der Waals surface area contributed by atoms with Crippen LogP contribution in [-0.2, 0) is 7.05 Å². The van der Waals surface area contributed by atoms with Gasteiger partial charge in [-0.25, -0.2) is 0 Å². The summed E-state index contributed by atoms with van der Waals surface area (Å²) in [6.45, 7) is 1.96. The molecule has 0 unspecified atom stereocenters. The van der Waals surface area contributed by atoms with Crippen LogP contribution in [0.5, 0.6) is 0 Å². The van der Waals surface area contributed by atoms with Gasteiger partial charge in [-0.3, -0.25) is 9.89 Å². The first kappa shape index (κ1) is 11.5. The molecule has 0 aliphatic carbocycles. The van der Waals surface area contributed by atoms with Crippen LogP contribution in [0.1, 0.15) is 16.2 Å². The van der Waals surface area contributed by atoms with Crippen LogP contribution in [0.4, 0.5) is 5.82 Å². The maximum Gasteiger partial charge on any atom is 0.273 e. The van der Waals surface area contributed by atoms with Crippen LogP contribution in [0.2, 0.25) is 0 Å². The number of para-hydroxylation sites is 1. The number of aromatic nitrogens is 3. The fourth-order valence-electron chi connectivity index (χ4n) is 2.07. The van der Waals surface area contributed by atoms with Crippen LogP contribution >= 0.6 is 0 Å². The van der Waals surface area contributed by atoms with Gasteiger partial charge in [-0.05, 0) is 31.2 Å². The van der Waals surface area contributed by atoms with Gasteiger partial charge in [0, 0.05) is 18.1 Å². The SMILES string of the molecule is Cc1ccc(C(=O)Nc2n[nH]c3ccccc23)n1C. The number of fused-ring (bicyclic) bond motifs is 1. The zero-order valence-corrected chi connectivity index (χ0v) is 10.8. The molecule has 3 rings (SSSR count). The molecule has 2 heterocycles.